The van der Waals surface area contributed by atoms with Crippen molar-refractivity contribution in [2.75, 3.05) is 25.2 Å². The number of carbonyl (C=O) groups is 2. The van der Waals surface area contributed by atoms with E-state index < -0.39 is 6.17 Å². The van der Waals surface area contributed by atoms with Gasteiger partial charge in [0.25, 0.3) is 11.8 Å². The topological polar surface area (TPSA) is 117 Å². The van der Waals surface area contributed by atoms with Crippen LogP contribution in [0.2, 0.25) is 0 Å². The smallest absolute Gasteiger partial charge is 0.268 e. The van der Waals surface area contributed by atoms with Crippen molar-refractivity contribution >= 4 is 39.2 Å². The molecule has 3 rings (SSSR count). The van der Waals surface area contributed by atoms with Gasteiger partial charge in [-0.2, -0.15) is 0 Å². The van der Waals surface area contributed by atoms with E-state index in [1.165, 1.54) is 0 Å². The number of likely N-dealkylation sites (N-methyl/N-ethyl adjacent to an activating group) is 1. The number of carbonyl (C=O) groups excluding carboxylic acids is 2. The zero-order chi connectivity index (χ0) is 23.5. The Labute approximate surface area is 196 Å². The molecule has 9 nitrogen and oxygen atoms in total. The normalized spacial score (nSPS) is 15.8. The minimum absolute atomic E-state index is 0.0577. The second kappa shape index (κ2) is 9.78. The van der Waals surface area contributed by atoms with Crippen LogP contribution in [0, 0.1) is 0 Å². The lowest BCUT2D eigenvalue weighted by Gasteiger charge is -2.22. The standard InChI is InChI=1S/C21H29N7O2S2/c1-21(2,32-31-5)12-24-19(29)15-8-14(10-27(15)3)13-6-7-17(23-9-13)26-20(30)18-25-16(22)11-28(18)4/h6-11,18,25H,12,22H2,1-5H3,(H,24,29)(H,23,26,30). The summed E-state index contributed by atoms with van der Waals surface area (Å²) in [4.78, 5) is 31.1. The second-order valence-electron chi connectivity index (χ2n) is 8.14. The fraction of sp³-hybridized carbons (Fsp3) is 0.381. The quantitative estimate of drug-likeness (QED) is 0.429. The van der Waals surface area contributed by atoms with Crippen molar-refractivity contribution in [3.05, 3.63) is 48.3 Å². The monoisotopic (exact) mass is 475 g/mol. The Hall–Kier alpha value is -2.79. The summed E-state index contributed by atoms with van der Waals surface area (Å²) < 4.78 is 1.74. The van der Waals surface area contributed by atoms with Gasteiger partial charge in [-0.05, 0) is 38.3 Å². The molecule has 5 N–H and O–H groups in total. The SMILES string of the molecule is CSSC(C)(C)CNC(=O)c1cc(-c2ccc(NC(=O)C3NC(N)=CN3C)nc2)cn1C. The van der Waals surface area contributed by atoms with E-state index in [-0.39, 0.29) is 16.6 Å². The number of nitrogens with one attached hydrogen (secondary N) is 3. The van der Waals surface area contributed by atoms with Gasteiger partial charge in [0.1, 0.15) is 17.3 Å². The molecule has 0 radical (unpaired) electrons. The number of aromatic nitrogens is 2. The summed E-state index contributed by atoms with van der Waals surface area (Å²) in [7, 11) is 7.02. The highest BCUT2D eigenvalue weighted by Gasteiger charge is 2.27. The van der Waals surface area contributed by atoms with Gasteiger partial charge in [0.15, 0.2) is 6.17 Å². The van der Waals surface area contributed by atoms with E-state index in [4.69, 9.17) is 5.73 Å². The molecule has 0 bridgehead atoms. The van der Waals surface area contributed by atoms with E-state index in [2.05, 4.69) is 34.8 Å². The van der Waals surface area contributed by atoms with Crippen LogP contribution in [0.1, 0.15) is 24.3 Å². The van der Waals surface area contributed by atoms with Crippen molar-refractivity contribution in [2.24, 2.45) is 12.8 Å². The first-order valence-corrected chi connectivity index (χ1v) is 12.5. The number of amides is 2. The number of pyridine rings is 1. The van der Waals surface area contributed by atoms with Crippen LogP contribution in [-0.2, 0) is 11.8 Å². The van der Waals surface area contributed by atoms with Gasteiger partial charge in [0, 0.05) is 55.1 Å². The third-order valence-electron chi connectivity index (χ3n) is 4.87. The largest absolute Gasteiger partial charge is 0.384 e. The summed E-state index contributed by atoms with van der Waals surface area (Å²) in [5.41, 5.74) is 7.99. The van der Waals surface area contributed by atoms with Crippen LogP contribution < -0.4 is 21.7 Å². The van der Waals surface area contributed by atoms with Crippen LogP contribution in [0.15, 0.2) is 42.6 Å². The summed E-state index contributed by atoms with van der Waals surface area (Å²) in [5.74, 6) is 0.491. The van der Waals surface area contributed by atoms with Crippen LogP contribution in [0.4, 0.5) is 5.82 Å². The molecule has 0 spiro atoms. The lowest BCUT2D eigenvalue weighted by atomic mass is 10.1. The van der Waals surface area contributed by atoms with Gasteiger partial charge in [-0.1, -0.05) is 21.6 Å². The number of nitrogens with zero attached hydrogens (tertiary/aromatic N) is 3. The van der Waals surface area contributed by atoms with E-state index in [0.717, 1.165) is 11.1 Å². The summed E-state index contributed by atoms with van der Waals surface area (Å²) in [5, 5.41) is 8.68. The highest BCUT2D eigenvalue weighted by Crippen LogP contribution is 2.33. The van der Waals surface area contributed by atoms with Gasteiger partial charge in [0.2, 0.25) is 0 Å². The number of hydrogen-bond acceptors (Lipinski definition) is 8. The molecular weight excluding hydrogens is 446 g/mol. The second-order valence-corrected chi connectivity index (χ2v) is 11.2. The molecule has 1 aliphatic rings. The van der Waals surface area contributed by atoms with Gasteiger partial charge in [0.05, 0.1) is 0 Å². The fourth-order valence-electron chi connectivity index (χ4n) is 3.26. The molecular formula is C21H29N7O2S2. The summed E-state index contributed by atoms with van der Waals surface area (Å²) in [6.45, 7) is 4.77. The molecule has 0 fully saturated rings. The van der Waals surface area contributed by atoms with Crippen LogP contribution in [0.3, 0.4) is 0 Å². The number of hydrogen-bond donors (Lipinski definition) is 4. The Bertz CT molecular complexity index is 1020. The Kier molecular flexibility index (Phi) is 7.29. The van der Waals surface area contributed by atoms with E-state index in [1.54, 1.807) is 56.6 Å². The molecule has 1 atom stereocenters. The number of aryl methyl sites for hydroxylation is 1. The van der Waals surface area contributed by atoms with Gasteiger partial charge >= 0.3 is 0 Å². The molecule has 1 unspecified atom stereocenters. The fourth-order valence-corrected chi connectivity index (χ4v) is 5.37. The third-order valence-corrected chi connectivity index (χ3v) is 7.49. The first kappa shape index (κ1) is 23.9. The van der Waals surface area contributed by atoms with Crippen LogP contribution in [0.5, 0.6) is 0 Å². The predicted molar refractivity (Wildman–Crippen MR) is 132 cm³/mol. The van der Waals surface area contributed by atoms with Gasteiger partial charge in [-0.15, -0.1) is 0 Å². The molecule has 2 aromatic heterocycles. The van der Waals surface area contributed by atoms with Crippen molar-refractivity contribution in [3.63, 3.8) is 0 Å². The number of rotatable bonds is 8. The zero-order valence-electron chi connectivity index (χ0n) is 18.8. The van der Waals surface area contributed by atoms with Crippen molar-refractivity contribution in [2.45, 2.75) is 24.8 Å². The minimum atomic E-state index is -0.578. The Balaban J connectivity index is 1.64. The van der Waals surface area contributed by atoms with E-state index in [9.17, 15) is 9.59 Å². The van der Waals surface area contributed by atoms with Crippen LogP contribution in [-0.4, -0.2) is 57.0 Å². The van der Waals surface area contributed by atoms with Crippen LogP contribution >= 0.6 is 21.6 Å². The molecule has 3 heterocycles. The summed E-state index contributed by atoms with van der Waals surface area (Å²) in [6.07, 6.45) is 6.67. The van der Waals surface area contributed by atoms with Gasteiger partial charge < -0.3 is 31.2 Å². The summed E-state index contributed by atoms with van der Waals surface area (Å²) >= 11 is 0. The molecule has 0 aliphatic carbocycles. The van der Waals surface area contributed by atoms with Crippen molar-refractivity contribution in [1.82, 2.24) is 25.1 Å². The molecule has 32 heavy (non-hydrogen) atoms. The Morgan fingerprint density at radius 1 is 1.28 bits per heavy atom. The lowest BCUT2D eigenvalue weighted by Crippen LogP contribution is -2.45. The molecule has 11 heteroatoms. The molecule has 0 saturated carbocycles. The minimum Gasteiger partial charge on any atom is -0.384 e. The van der Waals surface area contributed by atoms with Crippen molar-refractivity contribution in [1.29, 1.82) is 0 Å². The molecule has 2 amide bonds. The van der Waals surface area contributed by atoms with E-state index in [0.29, 0.717) is 23.9 Å². The third kappa shape index (κ3) is 5.71. The molecule has 0 aromatic carbocycles. The Morgan fingerprint density at radius 2 is 2.03 bits per heavy atom. The molecule has 2 aromatic rings. The average Bonchev–Trinajstić information content (AvgIpc) is 3.28. The highest BCUT2D eigenvalue weighted by molar-refractivity contribution is 8.76. The summed E-state index contributed by atoms with van der Waals surface area (Å²) in [6, 6.07) is 5.43. The van der Waals surface area contributed by atoms with Crippen molar-refractivity contribution in [3.8, 4) is 11.1 Å². The molecule has 0 saturated heterocycles. The molecule has 1 aliphatic heterocycles. The molecule has 172 valence electrons. The van der Waals surface area contributed by atoms with E-state index in [1.807, 2.05) is 31.6 Å². The first-order valence-electron chi connectivity index (χ1n) is 9.99. The predicted octanol–water partition coefficient (Wildman–Crippen LogP) is 2.16. The first-order chi connectivity index (χ1) is 15.1. The number of nitrogens with two attached hydrogens (primary N) is 1. The van der Waals surface area contributed by atoms with Crippen LogP contribution in [0.25, 0.3) is 11.1 Å². The van der Waals surface area contributed by atoms with Gasteiger partial charge in [-0.25, -0.2) is 4.98 Å². The average molecular weight is 476 g/mol. The lowest BCUT2D eigenvalue weighted by molar-refractivity contribution is -0.120. The maximum atomic E-state index is 12.7. The zero-order valence-corrected chi connectivity index (χ0v) is 20.4. The maximum absolute atomic E-state index is 12.7. The van der Waals surface area contributed by atoms with Crippen molar-refractivity contribution < 1.29 is 9.59 Å². The highest BCUT2D eigenvalue weighted by atomic mass is 33.1. The maximum Gasteiger partial charge on any atom is 0.268 e. The van der Waals surface area contributed by atoms with Gasteiger partial charge in [-0.3, -0.25) is 9.59 Å². The van der Waals surface area contributed by atoms with E-state index >= 15 is 0 Å². The Morgan fingerprint density at radius 3 is 2.62 bits per heavy atom. The number of anilines is 1.